The van der Waals surface area contributed by atoms with Crippen molar-refractivity contribution in [3.8, 4) is 0 Å². The zero-order valence-corrected chi connectivity index (χ0v) is 12.3. The summed E-state index contributed by atoms with van der Waals surface area (Å²) in [6, 6.07) is 6.01. The van der Waals surface area contributed by atoms with Crippen LogP contribution in [-0.2, 0) is 9.53 Å². The Balaban J connectivity index is 2.84. The van der Waals surface area contributed by atoms with Gasteiger partial charge in [-0.1, -0.05) is 6.92 Å². The first kappa shape index (κ1) is 17.1. The van der Waals surface area contributed by atoms with Crippen LogP contribution in [0, 0.1) is 5.92 Å². The summed E-state index contributed by atoms with van der Waals surface area (Å²) in [5.41, 5.74) is 0.728. The van der Waals surface area contributed by atoms with Crippen molar-refractivity contribution in [2.75, 3.05) is 31.8 Å². The van der Waals surface area contributed by atoms with Gasteiger partial charge in [0.15, 0.2) is 0 Å². The fourth-order valence-corrected chi connectivity index (χ4v) is 2.03. The van der Waals surface area contributed by atoms with Crippen molar-refractivity contribution in [2.45, 2.75) is 13.3 Å². The average Bonchev–Trinajstić information content (AvgIpc) is 2.45. The fourth-order valence-electron chi connectivity index (χ4n) is 2.03. The number of carbonyl (C=O) groups excluding carboxylic acids is 1. The molecule has 6 nitrogen and oxygen atoms in total. The van der Waals surface area contributed by atoms with Gasteiger partial charge >= 0.3 is 5.97 Å². The van der Waals surface area contributed by atoms with E-state index in [1.54, 1.807) is 19.2 Å². The summed E-state index contributed by atoms with van der Waals surface area (Å²) in [4.78, 5) is 24.6. The van der Waals surface area contributed by atoms with Gasteiger partial charge in [-0.2, -0.15) is 0 Å². The maximum atomic E-state index is 12.3. The highest BCUT2D eigenvalue weighted by Crippen LogP contribution is 2.18. The molecule has 21 heavy (non-hydrogen) atoms. The molecule has 0 aliphatic carbocycles. The first-order valence-corrected chi connectivity index (χ1v) is 6.73. The van der Waals surface area contributed by atoms with E-state index in [1.807, 2.05) is 6.92 Å². The molecule has 1 aromatic rings. The van der Waals surface area contributed by atoms with E-state index in [0.717, 1.165) is 0 Å². The van der Waals surface area contributed by atoms with Crippen LogP contribution >= 0.6 is 0 Å². The van der Waals surface area contributed by atoms with Crippen molar-refractivity contribution >= 4 is 17.6 Å². The molecule has 0 heterocycles. The molecule has 116 valence electrons. The van der Waals surface area contributed by atoms with E-state index in [2.05, 4.69) is 0 Å². The molecule has 0 saturated heterocycles. The third-order valence-electron chi connectivity index (χ3n) is 3.02. The van der Waals surface area contributed by atoms with Crippen LogP contribution in [0.3, 0.4) is 0 Å². The number of amides is 1. The number of methoxy groups -OCH3 is 1. The number of aliphatic hydroxyl groups excluding tert-OH is 1. The molecule has 0 fully saturated rings. The number of aromatic carboxylic acids is 1. The lowest BCUT2D eigenvalue weighted by Crippen LogP contribution is -2.35. The van der Waals surface area contributed by atoms with Crippen molar-refractivity contribution in [3.05, 3.63) is 29.8 Å². The number of aliphatic hydroxyl groups is 1. The van der Waals surface area contributed by atoms with Crippen molar-refractivity contribution in [3.63, 3.8) is 0 Å². The third kappa shape index (κ3) is 5.17. The highest BCUT2D eigenvalue weighted by atomic mass is 16.5. The highest BCUT2D eigenvalue weighted by Gasteiger charge is 2.18. The predicted octanol–water partition coefficient (Wildman–Crippen LogP) is 1.38. The third-order valence-corrected chi connectivity index (χ3v) is 3.02. The van der Waals surface area contributed by atoms with E-state index >= 15 is 0 Å². The van der Waals surface area contributed by atoms with E-state index in [4.69, 9.17) is 14.9 Å². The molecule has 1 aromatic carbocycles. The first-order valence-electron chi connectivity index (χ1n) is 6.73. The standard InChI is InChI=1S/C15H21NO5/c1-11(10-21-2)9-14(18)16(7-8-17)13-5-3-12(4-6-13)15(19)20/h3-6,11,17H,7-10H2,1-2H3,(H,19,20). The van der Waals surface area contributed by atoms with E-state index in [0.29, 0.717) is 18.7 Å². The average molecular weight is 295 g/mol. The number of hydrogen-bond donors (Lipinski definition) is 2. The second kappa shape index (κ2) is 8.39. The Morgan fingerprint density at radius 1 is 1.29 bits per heavy atom. The van der Waals surface area contributed by atoms with Crippen molar-refractivity contribution in [1.82, 2.24) is 0 Å². The van der Waals surface area contributed by atoms with Gasteiger partial charge in [0, 0.05) is 32.4 Å². The molecule has 0 aromatic heterocycles. The van der Waals surface area contributed by atoms with Gasteiger partial charge in [-0.15, -0.1) is 0 Å². The molecule has 0 spiro atoms. The largest absolute Gasteiger partial charge is 0.478 e. The number of hydrogen-bond acceptors (Lipinski definition) is 4. The lowest BCUT2D eigenvalue weighted by atomic mass is 10.1. The minimum atomic E-state index is -1.02. The van der Waals surface area contributed by atoms with Crippen LogP contribution in [0.4, 0.5) is 5.69 Å². The normalized spacial score (nSPS) is 12.0. The summed E-state index contributed by atoms with van der Waals surface area (Å²) in [5, 5.41) is 18.0. The molecule has 1 atom stereocenters. The minimum Gasteiger partial charge on any atom is -0.478 e. The summed E-state index contributed by atoms with van der Waals surface area (Å²) in [5.74, 6) is -1.08. The summed E-state index contributed by atoms with van der Waals surface area (Å²) in [7, 11) is 1.58. The Morgan fingerprint density at radius 3 is 2.38 bits per heavy atom. The Kier molecular flexibility index (Phi) is 6.84. The lowest BCUT2D eigenvalue weighted by molar-refractivity contribution is -0.119. The van der Waals surface area contributed by atoms with Gasteiger partial charge in [0.2, 0.25) is 5.91 Å². The molecular weight excluding hydrogens is 274 g/mol. The molecule has 0 aliphatic rings. The first-order chi connectivity index (χ1) is 9.99. The topological polar surface area (TPSA) is 87.1 Å². The molecule has 1 rings (SSSR count). The van der Waals surface area contributed by atoms with E-state index in [1.165, 1.54) is 17.0 Å². The summed E-state index contributed by atoms with van der Waals surface area (Å²) in [6.07, 6.45) is 0.300. The van der Waals surface area contributed by atoms with Gasteiger partial charge < -0.3 is 19.8 Å². The minimum absolute atomic E-state index is 0.0713. The zero-order chi connectivity index (χ0) is 15.8. The summed E-state index contributed by atoms with van der Waals surface area (Å²) in [6.45, 7) is 2.40. The second-order valence-electron chi connectivity index (χ2n) is 4.89. The zero-order valence-electron chi connectivity index (χ0n) is 12.3. The van der Waals surface area contributed by atoms with Gasteiger partial charge in [-0.25, -0.2) is 4.79 Å². The number of carboxylic acid groups (broad SMARTS) is 1. The highest BCUT2D eigenvalue weighted by molar-refractivity contribution is 5.94. The monoisotopic (exact) mass is 295 g/mol. The maximum absolute atomic E-state index is 12.3. The number of nitrogens with zero attached hydrogens (tertiary/aromatic N) is 1. The van der Waals surface area contributed by atoms with Crippen LogP contribution < -0.4 is 4.90 Å². The number of rotatable bonds is 8. The Labute approximate surface area is 124 Å². The molecule has 6 heteroatoms. The molecule has 1 amide bonds. The molecule has 0 aliphatic heterocycles. The smallest absolute Gasteiger partial charge is 0.335 e. The van der Waals surface area contributed by atoms with E-state index in [9.17, 15) is 9.59 Å². The molecule has 2 N–H and O–H groups in total. The van der Waals surface area contributed by atoms with E-state index < -0.39 is 5.97 Å². The molecule has 0 radical (unpaired) electrons. The number of carbonyl (C=O) groups is 2. The summed E-state index contributed by atoms with van der Waals surface area (Å²) >= 11 is 0. The van der Waals surface area contributed by atoms with Crippen LogP contribution in [-0.4, -0.2) is 49.0 Å². The number of ether oxygens (including phenoxy) is 1. The van der Waals surface area contributed by atoms with Crippen LogP contribution in [0.25, 0.3) is 0 Å². The quantitative estimate of drug-likeness (QED) is 0.756. The van der Waals surface area contributed by atoms with Crippen molar-refractivity contribution < 1.29 is 24.5 Å². The van der Waals surface area contributed by atoms with Gasteiger partial charge in [-0.05, 0) is 30.2 Å². The number of carboxylic acids is 1. The number of benzene rings is 1. The van der Waals surface area contributed by atoms with Crippen LogP contribution in [0.2, 0.25) is 0 Å². The maximum Gasteiger partial charge on any atom is 0.335 e. The Morgan fingerprint density at radius 2 is 1.90 bits per heavy atom. The van der Waals surface area contributed by atoms with Crippen LogP contribution in [0.5, 0.6) is 0 Å². The van der Waals surface area contributed by atoms with Crippen molar-refractivity contribution in [1.29, 1.82) is 0 Å². The van der Waals surface area contributed by atoms with Gasteiger partial charge in [0.05, 0.1) is 12.2 Å². The van der Waals surface area contributed by atoms with Crippen molar-refractivity contribution in [2.24, 2.45) is 5.92 Å². The van der Waals surface area contributed by atoms with Gasteiger partial charge in [0.1, 0.15) is 0 Å². The molecule has 1 unspecified atom stereocenters. The second-order valence-corrected chi connectivity index (χ2v) is 4.89. The SMILES string of the molecule is COCC(C)CC(=O)N(CCO)c1ccc(C(=O)O)cc1. The molecule has 0 bridgehead atoms. The van der Waals surface area contributed by atoms with Gasteiger partial charge in [0.25, 0.3) is 0 Å². The number of anilines is 1. The van der Waals surface area contributed by atoms with Crippen LogP contribution in [0.15, 0.2) is 24.3 Å². The lowest BCUT2D eigenvalue weighted by Gasteiger charge is -2.23. The molecule has 0 saturated carbocycles. The molecular formula is C15H21NO5. The van der Waals surface area contributed by atoms with Gasteiger partial charge in [-0.3, -0.25) is 4.79 Å². The predicted molar refractivity (Wildman–Crippen MR) is 78.5 cm³/mol. The summed E-state index contributed by atoms with van der Waals surface area (Å²) < 4.78 is 5.01. The fraction of sp³-hybridized carbons (Fsp3) is 0.467. The Hall–Kier alpha value is -1.92. The Bertz CT molecular complexity index is 471. The van der Waals surface area contributed by atoms with Crippen LogP contribution in [0.1, 0.15) is 23.7 Å². The van der Waals surface area contributed by atoms with E-state index in [-0.39, 0.29) is 30.5 Å².